The molecule has 2 aliphatic heterocycles. The summed E-state index contributed by atoms with van der Waals surface area (Å²) in [6, 6.07) is 8.63. The monoisotopic (exact) mass is 534 g/mol. The highest BCUT2D eigenvalue weighted by Crippen LogP contribution is 2.26. The third kappa shape index (κ3) is 6.38. The fourth-order valence-corrected chi connectivity index (χ4v) is 5.82. The Kier molecular flexibility index (Phi) is 8.70. The lowest BCUT2D eigenvalue weighted by Crippen LogP contribution is -2.40. The molecule has 1 aromatic carbocycles. The summed E-state index contributed by atoms with van der Waals surface area (Å²) in [6.45, 7) is 5.64. The Morgan fingerprint density at radius 3 is 2.69 bits per heavy atom. The number of fused-ring (bicyclic) bond motifs is 1. The van der Waals surface area contributed by atoms with E-state index in [-0.39, 0.29) is 30.3 Å². The van der Waals surface area contributed by atoms with Gasteiger partial charge in [-0.05, 0) is 69.2 Å². The molecule has 0 bridgehead atoms. The van der Waals surface area contributed by atoms with E-state index in [9.17, 15) is 9.59 Å². The molecule has 2 aliphatic rings. The van der Waals surface area contributed by atoms with Crippen LogP contribution in [0.4, 0.5) is 4.39 Å². The lowest BCUT2D eigenvalue weighted by Gasteiger charge is -2.31. The zero-order chi connectivity index (χ0) is 27.4. The maximum atomic E-state index is 15.2. The van der Waals surface area contributed by atoms with Crippen molar-refractivity contribution in [1.29, 1.82) is 0 Å². The Morgan fingerprint density at radius 2 is 1.92 bits per heavy atom. The predicted octanol–water partition coefficient (Wildman–Crippen LogP) is 5.96. The summed E-state index contributed by atoms with van der Waals surface area (Å²) in [6.07, 6.45) is 9.79. The molecule has 2 saturated heterocycles. The lowest BCUT2D eigenvalue weighted by atomic mass is 10.0. The number of hydrogen-bond donors (Lipinski definition) is 0. The number of likely N-dealkylation sites (tertiary alicyclic amines) is 1. The lowest BCUT2D eigenvalue weighted by molar-refractivity contribution is -0.119. The quantitative estimate of drug-likeness (QED) is 0.356. The van der Waals surface area contributed by atoms with E-state index in [1.165, 1.54) is 12.5 Å². The Morgan fingerprint density at radius 1 is 1.08 bits per heavy atom. The Hall–Kier alpha value is -3.13. The molecule has 0 spiro atoms. The summed E-state index contributed by atoms with van der Waals surface area (Å²) in [5.74, 6) is -0.385. The molecule has 0 aliphatic carbocycles. The maximum Gasteiger partial charge on any atom is 0.272 e. The number of halogens is 1. The number of rotatable bonds is 8. The topological polar surface area (TPSA) is 76.8 Å². The minimum Gasteiger partial charge on any atom is -0.378 e. The van der Waals surface area contributed by atoms with Gasteiger partial charge in [0.05, 0.1) is 11.8 Å². The zero-order valence-corrected chi connectivity index (χ0v) is 23.1. The van der Waals surface area contributed by atoms with E-state index in [1.807, 2.05) is 17.9 Å². The van der Waals surface area contributed by atoms with Crippen LogP contribution in [-0.2, 0) is 22.4 Å². The van der Waals surface area contributed by atoms with Gasteiger partial charge < -0.3 is 9.64 Å². The molecule has 0 radical (unpaired) electrons. The normalized spacial score (nSPS) is 20.2. The van der Waals surface area contributed by atoms with Gasteiger partial charge >= 0.3 is 0 Å². The first-order valence-corrected chi connectivity index (χ1v) is 14.6. The average molecular weight is 535 g/mol. The summed E-state index contributed by atoms with van der Waals surface area (Å²) < 4.78 is 22.5. The molecule has 208 valence electrons. The Labute approximate surface area is 229 Å². The van der Waals surface area contributed by atoms with Gasteiger partial charge in [-0.1, -0.05) is 32.3 Å². The number of amides is 1. The smallest absolute Gasteiger partial charge is 0.272 e. The second-order valence-corrected chi connectivity index (χ2v) is 11.0. The van der Waals surface area contributed by atoms with Crippen LogP contribution >= 0.6 is 0 Å². The third-order valence-corrected chi connectivity index (χ3v) is 8.13. The number of carbonyl (C=O) groups excluding carboxylic acids is 2. The first-order valence-electron chi connectivity index (χ1n) is 14.6. The third-order valence-electron chi connectivity index (χ3n) is 8.13. The molecule has 2 unspecified atom stereocenters. The number of benzene rings is 1. The summed E-state index contributed by atoms with van der Waals surface area (Å²) >= 11 is 0. The van der Waals surface area contributed by atoms with Gasteiger partial charge in [-0.15, -0.1) is 0 Å². The Balaban J connectivity index is 1.34. The van der Waals surface area contributed by atoms with Gasteiger partial charge in [0.2, 0.25) is 0 Å². The molecule has 39 heavy (non-hydrogen) atoms. The molecular formula is C31H39FN4O3. The van der Waals surface area contributed by atoms with Gasteiger partial charge in [-0.2, -0.15) is 5.10 Å². The van der Waals surface area contributed by atoms with E-state index in [0.29, 0.717) is 41.0 Å². The standard InChI is InChI=1S/C31H39FN4O3/c1-3-23-19-29(31(38)35-15-7-5-4-6-9-21(35)2)33-30-20-28(34-36(23)30)26-14-11-22(18-27(26)32)17-24(37)12-13-25-10-8-16-39-25/h11,14,18-21,25H,3-10,12-13,15-17H2,1-2H3. The zero-order valence-electron chi connectivity index (χ0n) is 23.1. The minimum atomic E-state index is -0.424. The molecule has 2 aromatic heterocycles. The van der Waals surface area contributed by atoms with Crippen LogP contribution < -0.4 is 0 Å². The first-order chi connectivity index (χ1) is 18.9. The molecule has 7 nitrogen and oxygen atoms in total. The maximum absolute atomic E-state index is 15.2. The average Bonchev–Trinajstić information content (AvgIpc) is 3.59. The summed E-state index contributed by atoms with van der Waals surface area (Å²) in [5, 5.41) is 4.64. The van der Waals surface area contributed by atoms with Crippen LogP contribution in [-0.4, -0.2) is 56.5 Å². The second kappa shape index (κ2) is 12.4. The highest BCUT2D eigenvalue weighted by Gasteiger charge is 2.25. The van der Waals surface area contributed by atoms with Crippen molar-refractivity contribution in [3.8, 4) is 11.3 Å². The van der Waals surface area contributed by atoms with E-state index in [4.69, 9.17) is 4.74 Å². The molecule has 5 rings (SSSR count). The van der Waals surface area contributed by atoms with Crippen LogP contribution in [0, 0.1) is 5.82 Å². The molecule has 0 saturated carbocycles. The molecular weight excluding hydrogens is 495 g/mol. The molecule has 4 heterocycles. The van der Waals surface area contributed by atoms with Crippen molar-refractivity contribution in [2.45, 2.75) is 96.6 Å². The number of ketones is 1. The SMILES string of the molecule is CCc1cc(C(=O)N2CCCCCCC2C)nc2cc(-c3ccc(CC(=O)CCC4CCCO4)cc3F)nn12. The van der Waals surface area contributed by atoms with E-state index in [0.717, 1.165) is 63.8 Å². The van der Waals surface area contributed by atoms with Crippen molar-refractivity contribution in [1.82, 2.24) is 19.5 Å². The van der Waals surface area contributed by atoms with E-state index in [2.05, 4.69) is 17.0 Å². The highest BCUT2D eigenvalue weighted by atomic mass is 19.1. The number of aryl methyl sites for hydroxylation is 1. The highest BCUT2D eigenvalue weighted by molar-refractivity contribution is 5.93. The van der Waals surface area contributed by atoms with Gasteiger partial charge in [0, 0.05) is 49.4 Å². The number of hydrogen-bond acceptors (Lipinski definition) is 5. The van der Waals surface area contributed by atoms with Crippen LogP contribution in [0.2, 0.25) is 0 Å². The van der Waals surface area contributed by atoms with Gasteiger partial charge in [-0.3, -0.25) is 9.59 Å². The van der Waals surface area contributed by atoms with Crippen LogP contribution in [0.3, 0.4) is 0 Å². The number of aromatic nitrogens is 3. The van der Waals surface area contributed by atoms with Gasteiger partial charge in [0.15, 0.2) is 5.65 Å². The van der Waals surface area contributed by atoms with Crippen LogP contribution in [0.1, 0.15) is 93.4 Å². The molecule has 3 aromatic rings. The molecule has 8 heteroatoms. The van der Waals surface area contributed by atoms with E-state index in [1.54, 1.807) is 22.7 Å². The van der Waals surface area contributed by atoms with Crippen molar-refractivity contribution in [3.63, 3.8) is 0 Å². The van der Waals surface area contributed by atoms with Crippen molar-refractivity contribution in [3.05, 3.63) is 53.1 Å². The van der Waals surface area contributed by atoms with Crippen LogP contribution in [0.15, 0.2) is 30.3 Å². The molecule has 2 fully saturated rings. The summed E-state index contributed by atoms with van der Waals surface area (Å²) in [4.78, 5) is 32.6. The number of nitrogens with zero attached hydrogens (tertiary/aromatic N) is 4. The molecule has 1 amide bonds. The predicted molar refractivity (Wildman–Crippen MR) is 148 cm³/mol. The summed E-state index contributed by atoms with van der Waals surface area (Å²) in [7, 11) is 0. The molecule has 2 atom stereocenters. The van der Waals surface area contributed by atoms with Crippen molar-refractivity contribution >= 4 is 17.3 Å². The molecule has 0 N–H and O–H groups in total. The minimum absolute atomic E-state index is 0.0518. The Bertz CT molecular complexity index is 1330. The van der Waals surface area contributed by atoms with E-state index >= 15 is 4.39 Å². The van der Waals surface area contributed by atoms with Crippen LogP contribution in [0.25, 0.3) is 16.9 Å². The fraction of sp³-hybridized carbons (Fsp3) is 0.548. The van der Waals surface area contributed by atoms with Crippen LogP contribution in [0.5, 0.6) is 0 Å². The van der Waals surface area contributed by atoms with Gasteiger partial charge in [0.1, 0.15) is 17.3 Å². The second-order valence-electron chi connectivity index (χ2n) is 11.0. The number of carbonyl (C=O) groups is 2. The number of ether oxygens (including phenoxy) is 1. The van der Waals surface area contributed by atoms with Crippen molar-refractivity contribution < 1.29 is 18.7 Å². The van der Waals surface area contributed by atoms with E-state index < -0.39 is 5.82 Å². The largest absolute Gasteiger partial charge is 0.378 e. The van der Waals surface area contributed by atoms with Gasteiger partial charge in [0.25, 0.3) is 5.91 Å². The van der Waals surface area contributed by atoms with Crippen molar-refractivity contribution in [2.24, 2.45) is 0 Å². The number of Topliss-reactive ketones (excluding diaryl/α,β-unsaturated/α-hetero) is 1. The fourth-order valence-electron chi connectivity index (χ4n) is 5.82. The first kappa shape index (κ1) is 27.4. The summed E-state index contributed by atoms with van der Waals surface area (Å²) in [5.41, 5.74) is 3.25. The van der Waals surface area contributed by atoms with Gasteiger partial charge in [-0.25, -0.2) is 13.9 Å². The van der Waals surface area contributed by atoms with Crippen molar-refractivity contribution in [2.75, 3.05) is 13.2 Å².